The Morgan fingerprint density at radius 1 is 1.28 bits per heavy atom. The smallest absolute Gasteiger partial charge is 0.275 e. The molecule has 29 heavy (non-hydrogen) atoms. The minimum Gasteiger partial charge on any atom is -0.295 e. The number of hydrogen-bond acceptors (Lipinski definition) is 7. The molecular formula is C19H19N3O6S. The number of piperidine rings is 1. The molecule has 0 bridgehead atoms. The van der Waals surface area contributed by atoms with E-state index in [1.807, 2.05) is 0 Å². The number of nitrogens with one attached hydrogen (secondary N) is 1. The molecule has 2 amide bonds. The van der Waals surface area contributed by atoms with Gasteiger partial charge < -0.3 is 0 Å². The Labute approximate surface area is 167 Å². The average Bonchev–Trinajstić information content (AvgIpc) is 2.65. The molecular weight excluding hydrogens is 398 g/mol. The number of hydrogen-bond donors (Lipinski definition) is 1. The molecule has 1 aliphatic rings. The quantitative estimate of drug-likeness (QED) is 0.325. The van der Waals surface area contributed by atoms with E-state index in [-0.39, 0.29) is 25.4 Å². The van der Waals surface area contributed by atoms with Crippen LogP contribution in [0.15, 0.2) is 29.2 Å². The SMILES string of the molecule is CS(=O)(=O)OCCCC#Cc1cccc2c(=O)n(C3CCC(=O)NC3=O)ncc12. The van der Waals surface area contributed by atoms with Gasteiger partial charge in [-0.1, -0.05) is 17.9 Å². The highest BCUT2D eigenvalue weighted by molar-refractivity contribution is 7.85. The number of aromatic nitrogens is 2. The Balaban J connectivity index is 1.81. The lowest BCUT2D eigenvalue weighted by atomic mass is 10.1. The average molecular weight is 417 g/mol. The number of rotatable bonds is 5. The van der Waals surface area contributed by atoms with Gasteiger partial charge in [-0.05, 0) is 25.0 Å². The first-order valence-electron chi connectivity index (χ1n) is 8.94. The number of amides is 2. The van der Waals surface area contributed by atoms with Crippen LogP contribution in [0.3, 0.4) is 0 Å². The van der Waals surface area contributed by atoms with Gasteiger partial charge >= 0.3 is 0 Å². The first kappa shape index (κ1) is 20.7. The largest absolute Gasteiger partial charge is 0.295 e. The molecule has 2 aromatic rings. The first-order chi connectivity index (χ1) is 13.8. The van der Waals surface area contributed by atoms with Crippen molar-refractivity contribution in [2.75, 3.05) is 12.9 Å². The van der Waals surface area contributed by atoms with Crippen molar-refractivity contribution in [2.45, 2.75) is 31.7 Å². The molecule has 0 spiro atoms. The van der Waals surface area contributed by atoms with Crippen molar-refractivity contribution in [1.29, 1.82) is 0 Å². The molecule has 2 heterocycles. The molecule has 1 fully saturated rings. The number of unbranched alkanes of at least 4 members (excludes halogenated alkanes) is 1. The van der Waals surface area contributed by atoms with Crippen LogP contribution in [0.4, 0.5) is 0 Å². The maximum atomic E-state index is 12.8. The number of carbonyl (C=O) groups excluding carboxylic acids is 2. The molecule has 10 heteroatoms. The molecule has 0 saturated carbocycles. The minimum atomic E-state index is -3.46. The van der Waals surface area contributed by atoms with Crippen molar-refractivity contribution < 1.29 is 22.2 Å². The Hall–Kier alpha value is -3.03. The van der Waals surface area contributed by atoms with Crippen molar-refractivity contribution >= 4 is 32.7 Å². The third-order valence-electron chi connectivity index (χ3n) is 4.33. The summed E-state index contributed by atoms with van der Waals surface area (Å²) in [7, 11) is -3.46. The van der Waals surface area contributed by atoms with Crippen LogP contribution in [0.25, 0.3) is 10.8 Å². The summed E-state index contributed by atoms with van der Waals surface area (Å²) in [6.45, 7) is 0.0568. The van der Waals surface area contributed by atoms with Crippen LogP contribution in [-0.4, -0.2) is 42.9 Å². The zero-order valence-electron chi connectivity index (χ0n) is 15.7. The summed E-state index contributed by atoms with van der Waals surface area (Å²) in [5.41, 5.74) is 0.175. The van der Waals surface area contributed by atoms with Gasteiger partial charge in [0.1, 0.15) is 6.04 Å². The molecule has 1 aromatic carbocycles. The van der Waals surface area contributed by atoms with Crippen LogP contribution in [0, 0.1) is 11.8 Å². The highest BCUT2D eigenvalue weighted by Crippen LogP contribution is 2.19. The van der Waals surface area contributed by atoms with Gasteiger partial charge in [-0.25, -0.2) is 4.68 Å². The molecule has 1 N–H and O–H groups in total. The summed E-state index contributed by atoms with van der Waals surface area (Å²) in [4.78, 5) is 36.2. The van der Waals surface area contributed by atoms with E-state index in [2.05, 4.69) is 26.4 Å². The van der Waals surface area contributed by atoms with Gasteiger partial charge in [0.25, 0.3) is 21.6 Å². The maximum absolute atomic E-state index is 12.8. The highest BCUT2D eigenvalue weighted by atomic mass is 32.2. The van der Waals surface area contributed by atoms with E-state index >= 15 is 0 Å². The summed E-state index contributed by atoms with van der Waals surface area (Å²) in [5, 5.41) is 7.28. The second-order valence-corrected chi connectivity index (χ2v) is 8.20. The normalized spacial score (nSPS) is 16.9. The monoisotopic (exact) mass is 417 g/mol. The van der Waals surface area contributed by atoms with Gasteiger partial charge in [-0.3, -0.25) is 23.9 Å². The molecule has 152 valence electrons. The third-order valence-corrected chi connectivity index (χ3v) is 4.92. The van der Waals surface area contributed by atoms with Crippen LogP contribution in [0.5, 0.6) is 0 Å². The second kappa shape index (κ2) is 8.55. The summed E-state index contributed by atoms with van der Waals surface area (Å²) >= 11 is 0. The standard InChI is InChI=1S/C19H19N3O6S/c1-29(26,27)28-11-4-2-3-6-13-7-5-8-14-15(13)12-20-22(19(14)25)16-9-10-17(23)21-18(16)24/h5,7-8,12,16H,2,4,9-11H2,1H3,(H,21,23,24). The van der Waals surface area contributed by atoms with Crippen LogP contribution >= 0.6 is 0 Å². The fourth-order valence-corrected chi connectivity index (χ4v) is 3.38. The lowest BCUT2D eigenvalue weighted by Crippen LogP contribution is -2.45. The zero-order valence-corrected chi connectivity index (χ0v) is 16.5. The predicted octanol–water partition coefficient (Wildman–Crippen LogP) is 0.482. The van der Waals surface area contributed by atoms with E-state index in [0.717, 1.165) is 10.9 Å². The molecule has 1 saturated heterocycles. The van der Waals surface area contributed by atoms with Crippen LogP contribution < -0.4 is 10.9 Å². The number of benzene rings is 1. The number of nitrogens with zero attached hydrogens (tertiary/aromatic N) is 2. The van der Waals surface area contributed by atoms with Crippen molar-refractivity contribution in [2.24, 2.45) is 0 Å². The van der Waals surface area contributed by atoms with E-state index in [1.54, 1.807) is 18.2 Å². The molecule has 0 radical (unpaired) electrons. The van der Waals surface area contributed by atoms with Gasteiger partial charge in [0.05, 0.1) is 24.4 Å². The summed E-state index contributed by atoms with van der Waals surface area (Å²) in [6.07, 6.45) is 3.72. The Morgan fingerprint density at radius 3 is 2.79 bits per heavy atom. The molecule has 9 nitrogen and oxygen atoms in total. The minimum absolute atomic E-state index is 0.0568. The fourth-order valence-electron chi connectivity index (χ4n) is 2.96. The van der Waals surface area contributed by atoms with Crippen LogP contribution in [0.1, 0.15) is 37.3 Å². The zero-order chi connectivity index (χ0) is 21.0. The highest BCUT2D eigenvalue weighted by Gasteiger charge is 2.29. The number of fused-ring (bicyclic) bond motifs is 1. The maximum Gasteiger partial charge on any atom is 0.275 e. The fraction of sp³-hybridized carbons (Fsp3) is 0.368. The summed E-state index contributed by atoms with van der Waals surface area (Å²) in [6, 6.07) is 4.25. The van der Waals surface area contributed by atoms with E-state index in [1.165, 1.54) is 6.20 Å². The third kappa shape index (κ3) is 5.07. The molecule has 1 unspecified atom stereocenters. The van der Waals surface area contributed by atoms with Crippen molar-refractivity contribution in [3.63, 3.8) is 0 Å². The first-order valence-corrected chi connectivity index (χ1v) is 10.8. The number of imide groups is 1. The topological polar surface area (TPSA) is 124 Å². The van der Waals surface area contributed by atoms with Crippen LogP contribution in [-0.2, 0) is 23.9 Å². The van der Waals surface area contributed by atoms with Crippen LogP contribution in [0.2, 0.25) is 0 Å². The van der Waals surface area contributed by atoms with Gasteiger partial charge in [0, 0.05) is 23.8 Å². The van der Waals surface area contributed by atoms with E-state index in [9.17, 15) is 22.8 Å². The van der Waals surface area contributed by atoms with Gasteiger partial charge in [-0.15, -0.1) is 0 Å². The van der Waals surface area contributed by atoms with E-state index in [0.29, 0.717) is 29.2 Å². The number of carbonyl (C=O) groups is 2. The van der Waals surface area contributed by atoms with E-state index in [4.69, 9.17) is 0 Å². The summed E-state index contributed by atoms with van der Waals surface area (Å²) < 4.78 is 27.6. The van der Waals surface area contributed by atoms with Crippen molar-refractivity contribution in [3.8, 4) is 11.8 Å². The van der Waals surface area contributed by atoms with E-state index < -0.39 is 27.6 Å². The van der Waals surface area contributed by atoms with Crippen molar-refractivity contribution in [3.05, 3.63) is 40.3 Å². The molecule has 3 rings (SSSR count). The second-order valence-electron chi connectivity index (χ2n) is 6.56. The van der Waals surface area contributed by atoms with Crippen molar-refractivity contribution in [1.82, 2.24) is 15.1 Å². The Bertz CT molecular complexity index is 1190. The Morgan fingerprint density at radius 2 is 2.07 bits per heavy atom. The van der Waals surface area contributed by atoms with Gasteiger partial charge in [0.2, 0.25) is 5.91 Å². The molecule has 1 aromatic heterocycles. The predicted molar refractivity (Wildman–Crippen MR) is 104 cm³/mol. The Kier molecular flexibility index (Phi) is 6.10. The van der Waals surface area contributed by atoms with Gasteiger partial charge in [0.15, 0.2) is 0 Å². The summed E-state index contributed by atoms with van der Waals surface area (Å²) in [5.74, 6) is 4.98. The molecule has 1 atom stereocenters. The molecule has 0 aliphatic carbocycles. The lowest BCUT2D eigenvalue weighted by Gasteiger charge is -2.21. The van der Waals surface area contributed by atoms with Gasteiger partial charge in [-0.2, -0.15) is 13.5 Å². The lowest BCUT2D eigenvalue weighted by molar-refractivity contribution is -0.136. The molecule has 1 aliphatic heterocycles.